The molecule has 1 N–H and O–H groups in total. The quantitative estimate of drug-likeness (QED) is 0.815. The fourth-order valence-corrected chi connectivity index (χ4v) is 2.44. The van der Waals surface area contributed by atoms with E-state index in [0.29, 0.717) is 12.3 Å². The van der Waals surface area contributed by atoms with E-state index in [1.807, 2.05) is 20.8 Å². The molecule has 1 rings (SSSR count). The predicted octanol–water partition coefficient (Wildman–Crippen LogP) is 1.94. The fourth-order valence-electron chi connectivity index (χ4n) is 2.44. The third-order valence-corrected chi connectivity index (χ3v) is 3.71. The van der Waals surface area contributed by atoms with Gasteiger partial charge in [-0.05, 0) is 39.0 Å². The van der Waals surface area contributed by atoms with Gasteiger partial charge in [0.15, 0.2) is 0 Å². The number of nitrogens with zero attached hydrogens (tertiary/aromatic N) is 1. The molecule has 1 saturated heterocycles. The van der Waals surface area contributed by atoms with Gasteiger partial charge in [-0.1, -0.05) is 20.8 Å². The molecule has 2 amide bonds. The van der Waals surface area contributed by atoms with E-state index in [1.165, 1.54) is 0 Å². The largest absolute Gasteiger partial charge is 0.343 e. The topological polar surface area (TPSA) is 49.4 Å². The lowest BCUT2D eigenvalue weighted by Gasteiger charge is -2.41. The van der Waals surface area contributed by atoms with Gasteiger partial charge < -0.3 is 10.2 Å². The van der Waals surface area contributed by atoms with E-state index in [9.17, 15) is 9.59 Å². The number of carbonyl (C=O) groups is 2. The Kier molecular flexibility index (Phi) is 5.17. The molecule has 0 saturated carbocycles. The first kappa shape index (κ1) is 15.0. The highest BCUT2D eigenvalue weighted by molar-refractivity contribution is 5.96. The molecule has 1 aliphatic heterocycles. The molecule has 104 valence electrons. The van der Waals surface area contributed by atoms with Gasteiger partial charge in [0, 0.05) is 6.04 Å². The van der Waals surface area contributed by atoms with Crippen molar-refractivity contribution in [3.63, 3.8) is 0 Å². The lowest BCUT2D eigenvalue weighted by molar-refractivity contribution is -0.151. The first-order chi connectivity index (χ1) is 8.38. The van der Waals surface area contributed by atoms with Gasteiger partial charge in [0.2, 0.25) is 11.8 Å². The summed E-state index contributed by atoms with van der Waals surface area (Å²) < 4.78 is 0. The normalized spacial score (nSPS) is 26.4. The van der Waals surface area contributed by atoms with Crippen molar-refractivity contribution in [2.75, 3.05) is 0 Å². The summed E-state index contributed by atoms with van der Waals surface area (Å²) in [5.74, 6) is 0.664. The Morgan fingerprint density at radius 1 is 1.22 bits per heavy atom. The smallest absolute Gasteiger partial charge is 0.246 e. The molecular weight excluding hydrogens is 228 g/mol. The molecule has 0 aromatic carbocycles. The number of hydrogen-bond donors (Lipinski definition) is 1. The molecule has 1 heterocycles. The van der Waals surface area contributed by atoms with Crippen LogP contribution in [0.2, 0.25) is 0 Å². The van der Waals surface area contributed by atoms with Crippen LogP contribution in [0.25, 0.3) is 0 Å². The Bertz CT molecular complexity index is 315. The van der Waals surface area contributed by atoms with Crippen LogP contribution in [-0.4, -0.2) is 34.8 Å². The number of amides is 2. The van der Waals surface area contributed by atoms with Gasteiger partial charge in [-0.2, -0.15) is 0 Å². The molecule has 3 unspecified atom stereocenters. The number of hydrogen-bond acceptors (Lipinski definition) is 2. The van der Waals surface area contributed by atoms with Crippen LogP contribution >= 0.6 is 0 Å². The maximum Gasteiger partial charge on any atom is 0.246 e. The van der Waals surface area contributed by atoms with Gasteiger partial charge in [-0.25, -0.2) is 0 Å². The molecule has 0 radical (unpaired) electrons. The van der Waals surface area contributed by atoms with Crippen LogP contribution in [0.1, 0.15) is 53.9 Å². The van der Waals surface area contributed by atoms with Crippen LogP contribution in [0.4, 0.5) is 0 Å². The predicted molar refractivity (Wildman–Crippen MR) is 72.1 cm³/mol. The van der Waals surface area contributed by atoms with Crippen molar-refractivity contribution in [1.29, 1.82) is 0 Å². The van der Waals surface area contributed by atoms with Crippen molar-refractivity contribution in [3.05, 3.63) is 0 Å². The highest BCUT2D eigenvalue weighted by atomic mass is 16.2. The summed E-state index contributed by atoms with van der Waals surface area (Å²) in [5, 5.41) is 2.79. The van der Waals surface area contributed by atoms with E-state index >= 15 is 0 Å². The van der Waals surface area contributed by atoms with Crippen molar-refractivity contribution >= 4 is 11.8 Å². The lowest BCUT2D eigenvalue weighted by Crippen LogP contribution is -2.64. The first-order valence-electron chi connectivity index (χ1n) is 7.01. The second-order valence-corrected chi connectivity index (χ2v) is 5.71. The Morgan fingerprint density at radius 2 is 1.83 bits per heavy atom. The Balaban J connectivity index is 2.75. The van der Waals surface area contributed by atoms with E-state index in [2.05, 4.69) is 19.2 Å². The molecule has 4 heteroatoms. The zero-order valence-corrected chi connectivity index (χ0v) is 12.2. The summed E-state index contributed by atoms with van der Waals surface area (Å²) in [6.45, 7) is 10.1. The Hall–Kier alpha value is -1.06. The lowest BCUT2D eigenvalue weighted by atomic mass is 9.99. The van der Waals surface area contributed by atoms with Gasteiger partial charge in [-0.15, -0.1) is 0 Å². The second kappa shape index (κ2) is 6.21. The molecule has 0 spiro atoms. The molecule has 1 fully saturated rings. The van der Waals surface area contributed by atoms with Gasteiger partial charge >= 0.3 is 0 Å². The SMILES string of the molecule is CCC1NC(=O)C(C)N(C(C)CCC(C)C)C1=O. The summed E-state index contributed by atoms with van der Waals surface area (Å²) in [4.78, 5) is 25.9. The van der Waals surface area contributed by atoms with E-state index < -0.39 is 0 Å². The zero-order chi connectivity index (χ0) is 13.9. The highest BCUT2D eigenvalue weighted by Crippen LogP contribution is 2.19. The van der Waals surface area contributed by atoms with Crippen LogP contribution in [0.15, 0.2) is 0 Å². The molecule has 1 aliphatic rings. The van der Waals surface area contributed by atoms with Gasteiger partial charge in [0.05, 0.1) is 0 Å². The third-order valence-electron chi connectivity index (χ3n) is 3.71. The van der Waals surface area contributed by atoms with Crippen LogP contribution in [0.5, 0.6) is 0 Å². The van der Waals surface area contributed by atoms with Crippen molar-refractivity contribution in [1.82, 2.24) is 10.2 Å². The summed E-state index contributed by atoms with van der Waals surface area (Å²) in [5.41, 5.74) is 0. The fraction of sp³-hybridized carbons (Fsp3) is 0.857. The zero-order valence-electron chi connectivity index (χ0n) is 12.2. The van der Waals surface area contributed by atoms with Gasteiger partial charge in [-0.3, -0.25) is 9.59 Å². The summed E-state index contributed by atoms with van der Waals surface area (Å²) in [7, 11) is 0. The maximum atomic E-state index is 12.3. The minimum Gasteiger partial charge on any atom is -0.343 e. The Morgan fingerprint density at radius 3 is 2.33 bits per heavy atom. The molecule has 18 heavy (non-hydrogen) atoms. The summed E-state index contributed by atoms with van der Waals surface area (Å²) >= 11 is 0. The second-order valence-electron chi connectivity index (χ2n) is 5.71. The van der Waals surface area contributed by atoms with E-state index in [0.717, 1.165) is 12.8 Å². The molecule has 0 aromatic rings. The summed E-state index contributed by atoms with van der Waals surface area (Å²) in [6.07, 6.45) is 2.69. The average molecular weight is 254 g/mol. The van der Waals surface area contributed by atoms with Crippen molar-refractivity contribution in [2.24, 2.45) is 5.92 Å². The number of carbonyl (C=O) groups excluding carboxylic acids is 2. The van der Waals surface area contributed by atoms with Gasteiger partial charge in [0.25, 0.3) is 0 Å². The third kappa shape index (κ3) is 3.24. The molecule has 4 nitrogen and oxygen atoms in total. The maximum absolute atomic E-state index is 12.3. The number of piperazine rings is 1. The molecule has 0 aliphatic carbocycles. The van der Waals surface area contributed by atoms with E-state index in [4.69, 9.17) is 0 Å². The monoisotopic (exact) mass is 254 g/mol. The molecule has 0 bridgehead atoms. The number of nitrogens with one attached hydrogen (secondary N) is 1. The first-order valence-corrected chi connectivity index (χ1v) is 7.01. The van der Waals surface area contributed by atoms with E-state index in [1.54, 1.807) is 4.90 Å². The van der Waals surface area contributed by atoms with Crippen LogP contribution in [0.3, 0.4) is 0 Å². The standard InChI is InChI=1S/C14H26N2O2/c1-6-12-14(18)16(11(5)13(17)15-12)10(4)8-7-9(2)3/h9-12H,6-8H2,1-5H3,(H,15,17). The van der Waals surface area contributed by atoms with Crippen LogP contribution in [-0.2, 0) is 9.59 Å². The van der Waals surface area contributed by atoms with Crippen molar-refractivity contribution in [2.45, 2.75) is 72.0 Å². The molecule has 0 aromatic heterocycles. The molecular formula is C14H26N2O2. The highest BCUT2D eigenvalue weighted by Gasteiger charge is 2.39. The average Bonchev–Trinajstić information content (AvgIpc) is 2.31. The van der Waals surface area contributed by atoms with Crippen molar-refractivity contribution in [3.8, 4) is 0 Å². The van der Waals surface area contributed by atoms with Crippen LogP contribution < -0.4 is 5.32 Å². The number of rotatable bonds is 5. The minimum absolute atomic E-state index is 0.0298. The van der Waals surface area contributed by atoms with Gasteiger partial charge in [0.1, 0.15) is 12.1 Å². The Labute approximate surface area is 110 Å². The molecule has 3 atom stereocenters. The van der Waals surface area contributed by atoms with E-state index in [-0.39, 0.29) is 29.9 Å². The van der Waals surface area contributed by atoms with Crippen LogP contribution in [0, 0.1) is 5.92 Å². The minimum atomic E-state index is -0.345. The summed E-state index contributed by atoms with van der Waals surface area (Å²) in [6, 6.07) is -0.548. The van der Waals surface area contributed by atoms with Crippen molar-refractivity contribution < 1.29 is 9.59 Å².